The highest BCUT2D eigenvalue weighted by atomic mass is 32.1. The quantitative estimate of drug-likeness (QED) is 0.318. The summed E-state index contributed by atoms with van der Waals surface area (Å²) in [6.45, 7) is 9.75. The van der Waals surface area contributed by atoms with Gasteiger partial charge in [-0.05, 0) is 61.3 Å². The van der Waals surface area contributed by atoms with Crippen molar-refractivity contribution in [1.29, 1.82) is 0 Å². The zero-order valence-electron chi connectivity index (χ0n) is 21.9. The first-order valence-corrected chi connectivity index (χ1v) is 13.6. The normalized spacial score (nSPS) is 19.0. The van der Waals surface area contributed by atoms with E-state index in [9.17, 15) is 14.7 Å². The number of aromatic nitrogens is 1. The first-order valence-electron chi connectivity index (χ1n) is 12.7. The van der Waals surface area contributed by atoms with E-state index in [1.54, 1.807) is 23.2 Å². The average molecular weight is 525 g/mol. The molecule has 1 fully saturated rings. The van der Waals surface area contributed by atoms with E-state index >= 15 is 0 Å². The lowest BCUT2D eigenvalue weighted by Crippen LogP contribution is -2.52. The van der Waals surface area contributed by atoms with E-state index in [1.165, 1.54) is 11.3 Å². The molecule has 1 aliphatic rings. The van der Waals surface area contributed by atoms with Gasteiger partial charge in [0, 0.05) is 36.9 Å². The molecule has 1 aliphatic heterocycles. The molecule has 0 aliphatic carbocycles. The van der Waals surface area contributed by atoms with Gasteiger partial charge in [0.05, 0.1) is 16.0 Å². The van der Waals surface area contributed by atoms with Crippen molar-refractivity contribution in [1.82, 2.24) is 15.4 Å². The number of nitrogens with one attached hydrogen (secondary N) is 2. The number of para-hydroxylation sites is 1. The molecule has 37 heavy (non-hydrogen) atoms. The summed E-state index contributed by atoms with van der Waals surface area (Å²) in [5.41, 5.74) is 1.70. The molecule has 2 amide bonds. The van der Waals surface area contributed by atoms with Gasteiger partial charge in [0.15, 0.2) is 5.76 Å². The molecule has 3 atom stereocenters. The van der Waals surface area contributed by atoms with Crippen molar-refractivity contribution in [2.75, 3.05) is 11.9 Å². The van der Waals surface area contributed by atoms with Crippen LogP contribution in [0.25, 0.3) is 10.6 Å². The summed E-state index contributed by atoms with van der Waals surface area (Å²) in [6.07, 6.45) is 3.51. The van der Waals surface area contributed by atoms with Gasteiger partial charge in [-0.3, -0.25) is 4.79 Å². The highest BCUT2D eigenvalue weighted by Crippen LogP contribution is 2.36. The minimum absolute atomic E-state index is 0.0219. The van der Waals surface area contributed by atoms with E-state index < -0.39 is 6.09 Å². The van der Waals surface area contributed by atoms with Crippen molar-refractivity contribution in [3.05, 3.63) is 59.1 Å². The van der Waals surface area contributed by atoms with Gasteiger partial charge in [-0.1, -0.05) is 44.1 Å². The molecular formula is C28H36N4O4S. The molecule has 3 heterocycles. The van der Waals surface area contributed by atoms with Crippen molar-refractivity contribution in [2.24, 2.45) is 11.3 Å². The summed E-state index contributed by atoms with van der Waals surface area (Å²) in [4.78, 5) is 27.7. The Morgan fingerprint density at radius 1 is 1.22 bits per heavy atom. The molecule has 0 bridgehead atoms. The summed E-state index contributed by atoms with van der Waals surface area (Å²) >= 11 is 1.36. The van der Waals surface area contributed by atoms with Crippen LogP contribution in [0.1, 0.15) is 62.2 Å². The lowest BCUT2D eigenvalue weighted by molar-refractivity contribution is 0.0373. The third-order valence-electron chi connectivity index (χ3n) is 7.06. The molecule has 3 unspecified atom stereocenters. The SMILES string of the molecule is CC(CC1CCN(C(=O)O)C(C(C)(C)C)C1)NCc1ccccc1NC(=O)c1ccc(-c2ccno2)s1. The maximum absolute atomic E-state index is 12.9. The summed E-state index contributed by atoms with van der Waals surface area (Å²) in [5.74, 6) is 0.953. The Bertz CT molecular complexity index is 1200. The molecule has 8 nitrogen and oxygen atoms in total. The number of carbonyl (C=O) groups excluding carboxylic acids is 1. The van der Waals surface area contributed by atoms with Crippen LogP contribution in [0.5, 0.6) is 0 Å². The third-order valence-corrected chi connectivity index (χ3v) is 8.16. The largest absolute Gasteiger partial charge is 0.465 e. The molecule has 0 radical (unpaired) electrons. The lowest BCUT2D eigenvalue weighted by atomic mass is 9.75. The van der Waals surface area contributed by atoms with Crippen molar-refractivity contribution >= 4 is 29.0 Å². The Morgan fingerprint density at radius 3 is 2.70 bits per heavy atom. The second-order valence-electron chi connectivity index (χ2n) is 10.9. The Labute approximate surface area is 222 Å². The van der Waals surface area contributed by atoms with E-state index in [4.69, 9.17) is 4.52 Å². The summed E-state index contributed by atoms with van der Waals surface area (Å²) in [7, 11) is 0. The highest BCUT2D eigenvalue weighted by Gasteiger charge is 2.38. The van der Waals surface area contributed by atoms with Gasteiger partial charge in [-0.25, -0.2) is 4.79 Å². The highest BCUT2D eigenvalue weighted by molar-refractivity contribution is 7.17. The van der Waals surface area contributed by atoms with Crippen molar-refractivity contribution in [3.8, 4) is 10.6 Å². The number of hydrogen-bond acceptors (Lipinski definition) is 6. The fourth-order valence-corrected chi connectivity index (χ4v) is 5.94. The number of hydrogen-bond donors (Lipinski definition) is 3. The third kappa shape index (κ3) is 6.78. The van der Waals surface area contributed by atoms with Crippen LogP contribution in [0.2, 0.25) is 0 Å². The molecule has 198 valence electrons. The van der Waals surface area contributed by atoms with Crippen LogP contribution in [0.4, 0.5) is 10.5 Å². The van der Waals surface area contributed by atoms with Crippen molar-refractivity contribution in [2.45, 2.75) is 65.6 Å². The minimum atomic E-state index is -0.819. The number of piperidine rings is 1. The van der Waals surface area contributed by atoms with Gasteiger partial charge in [-0.2, -0.15) is 0 Å². The Hall–Kier alpha value is -3.17. The number of benzene rings is 1. The number of carboxylic acid groups (broad SMARTS) is 1. The summed E-state index contributed by atoms with van der Waals surface area (Å²) in [6, 6.07) is 13.5. The number of carbonyl (C=O) groups is 2. The van der Waals surface area contributed by atoms with Crippen LogP contribution in [0.3, 0.4) is 0 Å². The molecule has 1 aromatic carbocycles. The number of nitrogens with zero attached hydrogens (tertiary/aromatic N) is 2. The van der Waals surface area contributed by atoms with Crippen LogP contribution in [0.15, 0.2) is 53.2 Å². The zero-order chi connectivity index (χ0) is 26.6. The first-order chi connectivity index (χ1) is 17.6. The number of thiophene rings is 1. The van der Waals surface area contributed by atoms with Crippen LogP contribution in [-0.2, 0) is 6.54 Å². The molecule has 1 saturated heterocycles. The van der Waals surface area contributed by atoms with E-state index in [1.807, 2.05) is 30.3 Å². The Kier molecular flexibility index (Phi) is 8.34. The van der Waals surface area contributed by atoms with Crippen LogP contribution in [0, 0.1) is 11.3 Å². The van der Waals surface area contributed by atoms with E-state index in [2.05, 4.69) is 43.5 Å². The Balaban J connectivity index is 1.33. The second kappa shape index (κ2) is 11.5. The van der Waals surface area contributed by atoms with E-state index in [0.717, 1.165) is 35.4 Å². The molecule has 3 N–H and O–H groups in total. The number of anilines is 1. The predicted octanol–water partition coefficient (Wildman–Crippen LogP) is 6.33. The predicted molar refractivity (Wildman–Crippen MR) is 146 cm³/mol. The van der Waals surface area contributed by atoms with Crippen LogP contribution in [-0.4, -0.2) is 45.8 Å². The molecule has 3 aromatic rings. The topological polar surface area (TPSA) is 108 Å². The van der Waals surface area contributed by atoms with Gasteiger partial charge in [0.1, 0.15) is 0 Å². The van der Waals surface area contributed by atoms with Gasteiger partial charge < -0.3 is 25.2 Å². The number of likely N-dealkylation sites (tertiary alicyclic amines) is 1. The van der Waals surface area contributed by atoms with Crippen molar-refractivity contribution in [3.63, 3.8) is 0 Å². The standard InChI is InChI=1S/C28H36N4O4S/c1-18(15-19-12-14-32(27(34)35)25(16-19)28(2,3)4)29-17-20-7-5-6-8-21(20)31-26(33)24-10-9-23(37-24)22-11-13-30-36-22/h5-11,13,18-19,25,29H,12,14-17H2,1-4H3,(H,31,33)(H,34,35). The average Bonchev–Trinajstić information content (AvgIpc) is 3.55. The Morgan fingerprint density at radius 2 is 2.00 bits per heavy atom. The first kappa shape index (κ1) is 26.9. The smallest absolute Gasteiger partial charge is 0.407 e. The van der Waals surface area contributed by atoms with Gasteiger partial charge in [0.2, 0.25) is 0 Å². The van der Waals surface area contributed by atoms with Crippen LogP contribution < -0.4 is 10.6 Å². The maximum Gasteiger partial charge on any atom is 0.407 e. The monoisotopic (exact) mass is 524 g/mol. The zero-order valence-corrected chi connectivity index (χ0v) is 22.7. The molecule has 0 spiro atoms. The fourth-order valence-electron chi connectivity index (χ4n) is 5.09. The second-order valence-corrected chi connectivity index (χ2v) is 12.0. The molecule has 2 aromatic heterocycles. The van der Waals surface area contributed by atoms with Gasteiger partial charge >= 0.3 is 6.09 Å². The maximum atomic E-state index is 12.9. The number of rotatable bonds is 8. The summed E-state index contributed by atoms with van der Waals surface area (Å²) in [5, 5.41) is 20.0. The summed E-state index contributed by atoms with van der Waals surface area (Å²) < 4.78 is 5.19. The van der Waals surface area contributed by atoms with Crippen molar-refractivity contribution < 1.29 is 19.2 Å². The number of amides is 2. The molecule has 9 heteroatoms. The van der Waals surface area contributed by atoms with E-state index in [-0.39, 0.29) is 23.4 Å². The van der Waals surface area contributed by atoms with Gasteiger partial charge in [0.25, 0.3) is 5.91 Å². The lowest BCUT2D eigenvalue weighted by Gasteiger charge is -2.45. The van der Waals surface area contributed by atoms with Crippen LogP contribution >= 0.6 is 11.3 Å². The molecule has 4 rings (SSSR count). The molecule has 0 saturated carbocycles. The minimum Gasteiger partial charge on any atom is -0.465 e. The van der Waals surface area contributed by atoms with E-state index in [0.29, 0.717) is 29.6 Å². The molecular weight excluding hydrogens is 488 g/mol. The van der Waals surface area contributed by atoms with Gasteiger partial charge in [-0.15, -0.1) is 11.3 Å². The fraction of sp³-hybridized carbons (Fsp3) is 0.464.